The zero-order chi connectivity index (χ0) is 23.0. The fraction of sp³-hybridized carbons (Fsp3) is 0.387. The van der Waals surface area contributed by atoms with E-state index in [4.69, 9.17) is 4.74 Å². The number of rotatable bonds is 7. The Labute approximate surface area is 206 Å². The maximum absolute atomic E-state index is 13.1. The van der Waals surface area contributed by atoms with E-state index < -0.39 is 0 Å². The molecule has 0 unspecified atom stereocenters. The van der Waals surface area contributed by atoms with E-state index in [2.05, 4.69) is 84.9 Å². The molecule has 4 bridgehead atoms. The van der Waals surface area contributed by atoms with Gasteiger partial charge in [-0.25, -0.2) is 0 Å². The lowest BCUT2D eigenvalue weighted by Crippen LogP contribution is -2.50. The molecule has 4 aliphatic rings. The van der Waals surface area contributed by atoms with Gasteiger partial charge in [0.15, 0.2) is 14.7 Å². The molecule has 0 heterocycles. The van der Waals surface area contributed by atoms with E-state index in [0.29, 0.717) is 6.61 Å². The molecule has 0 amide bonds. The first-order valence-corrected chi connectivity index (χ1v) is 14.0. The van der Waals surface area contributed by atoms with Gasteiger partial charge < -0.3 is 4.74 Å². The van der Waals surface area contributed by atoms with Crippen molar-refractivity contribution < 1.29 is 9.53 Å². The summed E-state index contributed by atoms with van der Waals surface area (Å²) >= 11 is 0. The molecule has 4 fully saturated rings. The van der Waals surface area contributed by atoms with Gasteiger partial charge in [-0.05, 0) is 98.2 Å². The van der Waals surface area contributed by atoms with Crippen molar-refractivity contribution in [3.05, 3.63) is 90.5 Å². The van der Waals surface area contributed by atoms with Gasteiger partial charge in [-0.15, -0.1) is 0 Å². The third-order valence-corrected chi connectivity index (χ3v) is 10.4. The first-order valence-electron chi connectivity index (χ1n) is 12.8. The Hall–Kier alpha value is -2.52. The highest BCUT2D eigenvalue weighted by Gasteiger charge is 2.55. The normalized spacial score (nSPS) is 27.1. The highest BCUT2D eigenvalue weighted by Crippen LogP contribution is 2.60. The van der Waals surface area contributed by atoms with E-state index in [1.807, 2.05) is 0 Å². The minimum absolute atomic E-state index is 0.0953. The van der Waals surface area contributed by atoms with E-state index in [0.717, 1.165) is 43.4 Å². The highest BCUT2D eigenvalue weighted by molar-refractivity contribution is 7.97. The third-order valence-electron chi connectivity index (χ3n) is 8.21. The topological polar surface area (TPSA) is 26.3 Å². The monoisotopic (exact) mass is 469 g/mol. The van der Waals surface area contributed by atoms with Gasteiger partial charge in [0.1, 0.15) is 0 Å². The standard InChI is InChI=1S/C31H33O2S/c32-30(31-20-24-17-25(21-31)19-26(18-24)22-31)33-16-15-23-11-13-29(14-12-23)34(27-7-3-1-4-8-27)28-9-5-2-6-10-28/h1-14,24-26H,15-22H2/q+1. The molecule has 3 aromatic rings. The number of esters is 1. The lowest BCUT2D eigenvalue weighted by molar-refractivity contribution is -0.171. The number of carbonyl (C=O) groups is 1. The molecule has 3 heteroatoms. The Bertz CT molecular complexity index is 1050. The second-order valence-electron chi connectivity index (χ2n) is 10.7. The van der Waals surface area contributed by atoms with Crippen LogP contribution in [0.2, 0.25) is 0 Å². The van der Waals surface area contributed by atoms with E-state index in [-0.39, 0.29) is 22.3 Å². The quantitative estimate of drug-likeness (QED) is 0.273. The van der Waals surface area contributed by atoms with Crippen LogP contribution in [0.15, 0.2) is 99.6 Å². The minimum atomic E-state index is -0.154. The van der Waals surface area contributed by atoms with Crippen LogP contribution in [0.1, 0.15) is 44.1 Å². The summed E-state index contributed by atoms with van der Waals surface area (Å²) in [6.07, 6.45) is 8.07. The van der Waals surface area contributed by atoms with E-state index in [9.17, 15) is 4.79 Å². The fourth-order valence-corrected chi connectivity index (χ4v) is 9.17. The van der Waals surface area contributed by atoms with E-state index in [1.54, 1.807) is 0 Å². The van der Waals surface area contributed by atoms with Crippen LogP contribution >= 0.6 is 0 Å². The van der Waals surface area contributed by atoms with Gasteiger partial charge >= 0.3 is 5.97 Å². The summed E-state index contributed by atoms with van der Waals surface area (Å²) in [4.78, 5) is 17.1. The lowest BCUT2D eigenvalue weighted by Gasteiger charge is -2.55. The van der Waals surface area contributed by atoms with Gasteiger partial charge in [0.2, 0.25) is 0 Å². The number of carbonyl (C=O) groups excluding carboxylic acids is 1. The summed E-state index contributed by atoms with van der Waals surface area (Å²) in [7, 11) is -0.128. The van der Waals surface area contributed by atoms with Crippen molar-refractivity contribution in [2.45, 2.75) is 59.6 Å². The van der Waals surface area contributed by atoms with Gasteiger partial charge in [0.25, 0.3) is 0 Å². The van der Waals surface area contributed by atoms with Crippen LogP contribution in [0.5, 0.6) is 0 Å². The molecular weight excluding hydrogens is 436 g/mol. The van der Waals surface area contributed by atoms with Crippen molar-refractivity contribution in [1.29, 1.82) is 0 Å². The zero-order valence-electron chi connectivity index (χ0n) is 19.7. The van der Waals surface area contributed by atoms with Crippen LogP contribution in [-0.2, 0) is 26.8 Å². The molecule has 0 radical (unpaired) electrons. The summed E-state index contributed by atoms with van der Waals surface area (Å²) in [5.74, 6) is 2.41. The van der Waals surface area contributed by atoms with Crippen LogP contribution < -0.4 is 0 Å². The number of benzene rings is 3. The average Bonchev–Trinajstić information content (AvgIpc) is 2.86. The maximum Gasteiger partial charge on any atom is 0.312 e. The van der Waals surface area contributed by atoms with Crippen LogP contribution in [0.25, 0.3) is 0 Å². The van der Waals surface area contributed by atoms with Crippen molar-refractivity contribution in [3.63, 3.8) is 0 Å². The second kappa shape index (κ2) is 9.26. The molecule has 174 valence electrons. The number of hydrogen-bond acceptors (Lipinski definition) is 2. The summed E-state index contributed by atoms with van der Waals surface area (Å²) in [6, 6.07) is 30.4. The molecule has 0 saturated heterocycles. The van der Waals surface area contributed by atoms with Crippen LogP contribution in [-0.4, -0.2) is 12.6 Å². The molecular formula is C31H33O2S+. The predicted octanol–water partition coefficient (Wildman–Crippen LogP) is 7.08. The molecule has 3 aromatic carbocycles. The SMILES string of the molecule is O=C(OCCc1ccc([S+](c2ccccc2)c2ccccc2)cc1)C12CC3CC(CC(C3)C1)C2. The minimum Gasteiger partial charge on any atom is -0.465 e. The smallest absolute Gasteiger partial charge is 0.312 e. The van der Waals surface area contributed by atoms with Crippen molar-refractivity contribution in [3.8, 4) is 0 Å². The Morgan fingerprint density at radius 1 is 0.706 bits per heavy atom. The molecule has 7 rings (SSSR count). The van der Waals surface area contributed by atoms with Gasteiger partial charge in [-0.3, -0.25) is 4.79 Å². The predicted molar refractivity (Wildman–Crippen MR) is 137 cm³/mol. The molecule has 0 N–H and O–H groups in total. The van der Waals surface area contributed by atoms with Gasteiger partial charge in [0.05, 0.1) is 22.9 Å². The van der Waals surface area contributed by atoms with Crippen LogP contribution in [0.4, 0.5) is 0 Å². The second-order valence-corrected chi connectivity index (χ2v) is 12.7. The Kier molecular flexibility index (Phi) is 5.99. The highest BCUT2D eigenvalue weighted by atomic mass is 32.2. The Balaban J connectivity index is 1.11. The van der Waals surface area contributed by atoms with Crippen molar-refractivity contribution in [1.82, 2.24) is 0 Å². The third kappa shape index (κ3) is 4.31. The Morgan fingerprint density at radius 2 is 1.18 bits per heavy atom. The molecule has 2 nitrogen and oxygen atoms in total. The van der Waals surface area contributed by atoms with Crippen molar-refractivity contribution >= 4 is 16.9 Å². The summed E-state index contributed by atoms with van der Waals surface area (Å²) in [6.45, 7) is 0.489. The summed E-state index contributed by atoms with van der Waals surface area (Å²) < 4.78 is 5.91. The maximum atomic E-state index is 13.1. The van der Waals surface area contributed by atoms with Gasteiger partial charge in [-0.1, -0.05) is 48.5 Å². The molecule has 0 atom stereocenters. The van der Waals surface area contributed by atoms with E-state index in [1.165, 1.54) is 39.5 Å². The number of ether oxygens (including phenoxy) is 1. The molecule has 0 aliphatic heterocycles. The van der Waals surface area contributed by atoms with Crippen LogP contribution in [0.3, 0.4) is 0 Å². The van der Waals surface area contributed by atoms with Crippen molar-refractivity contribution in [2.24, 2.45) is 23.2 Å². The summed E-state index contributed by atoms with van der Waals surface area (Å²) in [5, 5.41) is 0. The van der Waals surface area contributed by atoms with E-state index >= 15 is 0 Å². The van der Waals surface area contributed by atoms with Gasteiger partial charge in [0, 0.05) is 6.42 Å². The lowest BCUT2D eigenvalue weighted by atomic mass is 9.49. The molecule has 34 heavy (non-hydrogen) atoms. The Morgan fingerprint density at radius 3 is 1.68 bits per heavy atom. The zero-order valence-corrected chi connectivity index (χ0v) is 20.5. The fourth-order valence-electron chi connectivity index (χ4n) is 7.09. The number of hydrogen-bond donors (Lipinski definition) is 0. The van der Waals surface area contributed by atoms with Crippen LogP contribution in [0, 0.1) is 23.2 Å². The summed E-state index contributed by atoms with van der Waals surface area (Å²) in [5.41, 5.74) is 1.07. The molecule has 0 aromatic heterocycles. The van der Waals surface area contributed by atoms with Gasteiger partial charge in [-0.2, -0.15) is 0 Å². The average molecular weight is 470 g/mol. The molecule has 4 aliphatic carbocycles. The van der Waals surface area contributed by atoms with Crippen molar-refractivity contribution in [2.75, 3.05) is 6.61 Å². The molecule has 4 saturated carbocycles. The largest absolute Gasteiger partial charge is 0.465 e. The first kappa shape index (κ1) is 22.0. The first-order chi connectivity index (χ1) is 16.7. The molecule has 0 spiro atoms.